The minimum Gasteiger partial charge on any atom is -0.491 e. The lowest BCUT2D eigenvalue weighted by molar-refractivity contribution is 0.200. The summed E-state index contributed by atoms with van der Waals surface area (Å²) in [5, 5.41) is 14.6. The Labute approximate surface area is 119 Å². The molecule has 0 aliphatic heterocycles. The fraction of sp³-hybridized carbons (Fsp3) is 0.533. The molecule has 1 aliphatic carbocycles. The number of hydrogen-bond donors (Lipinski definition) is 3. The Morgan fingerprint density at radius 2 is 2.05 bits per heavy atom. The van der Waals surface area contributed by atoms with E-state index in [1.807, 2.05) is 24.3 Å². The third kappa shape index (κ3) is 4.42. The van der Waals surface area contributed by atoms with Crippen LogP contribution in [0, 0.1) is 0 Å². The van der Waals surface area contributed by atoms with E-state index in [4.69, 9.17) is 9.84 Å². The van der Waals surface area contributed by atoms with Crippen molar-refractivity contribution in [1.82, 2.24) is 10.6 Å². The van der Waals surface area contributed by atoms with Gasteiger partial charge in [0, 0.05) is 18.2 Å². The molecule has 1 aromatic rings. The summed E-state index contributed by atoms with van der Waals surface area (Å²) in [4.78, 5) is 11.8. The van der Waals surface area contributed by atoms with Gasteiger partial charge in [0.1, 0.15) is 12.4 Å². The van der Waals surface area contributed by atoms with Crippen LogP contribution in [-0.2, 0) is 6.54 Å². The zero-order valence-electron chi connectivity index (χ0n) is 11.6. The molecule has 0 radical (unpaired) electrons. The van der Waals surface area contributed by atoms with Gasteiger partial charge in [-0.05, 0) is 18.9 Å². The van der Waals surface area contributed by atoms with Gasteiger partial charge in [-0.2, -0.15) is 0 Å². The Kier molecular flexibility index (Phi) is 5.68. The summed E-state index contributed by atoms with van der Waals surface area (Å²) in [6.45, 7) is 0.648. The van der Waals surface area contributed by atoms with Crippen LogP contribution in [0.1, 0.15) is 31.2 Å². The maximum Gasteiger partial charge on any atom is 0.315 e. The largest absolute Gasteiger partial charge is 0.491 e. The number of rotatable bonds is 6. The molecule has 0 spiro atoms. The maximum atomic E-state index is 11.8. The van der Waals surface area contributed by atoms with Gasteiger partial charge in [-0.15, -0.1) is 0 Å². The molecule has 0 heterocycles. The van der Waals surface area contributed by atoms with Crippen LogP contribution >= 0.6 is 0 Å². The summed E-state index contributed by atoms with van der Waals surface area (Å²) in [5.74, 6) is 0.697. The van der Waals surface area contributed by atoms with Crippen molar-refractivity contribution in [2.24, 2.45) is 0 Å². The maximum absolute atomic E-state index is 11.8. The first-order valence-electron chi connectivity index (χ1n) is 7.15. The number of benzene rings is 1. The Bertz CT molecular complexity index is 431. The van der Waals surface area contributed by atoms with Crippen LogP contribution in [0.5, 0.6) is 5.75 Å². The van der Waals surface area contributed by atoms with Crippen molar-refractivity contribution in [3.05, 3.63) is 29.8 Å². The number of amides is 2. The van der Waals surface area contributed by atoms with E-state index < -0.39 is 0 Å². The Morgan fingerprint density at radius 1 is 1.30 bits per heavy atom. The molecule has 110 valence electrons. The van der Waals surface area contributed by atoms with Crippen LogP contribution < -0.4 is 15.4 Å². The van der Waals surface area contributed by atoms with E-state index in [1.165, 1.54) is 12.8 Å². The topological polar surface area (TPSA) is 70.6 Å². The second-order valence-corrected chi connectivity index (χ2v) is 4.99. The van der Waals surface area contributed by atoms with Gasteiger partial charge in [-0.1, -0.05) is 31.0 Å². The lowest BCUT2D eigenvalue weighted by Crippen LogP contribution is -2.40. The lowest BCUT2D eigenvalue weighted by Gasteiger charge is -2.14. The van der Waals surface area contributed by atoms with Crippen molar-refractivity contribution in [2.45, 2.75) is 38.3 Å². The molecular weight excluding hydrogens is 256 g/mol. The molecule has 2 amide bonds. The fourth-order valence-electron chi connectivity index (χ4n) is 2.43. The predicted molar refractivity (Wildman–Crippen MR) is 76.7 cm³/mol. The third-order valence-electron chi connectivity index (χ3n) is 3.45. The van der Waals surface area contributed by atoms with Gasteiger partial charge in [0.15, 0.2) is 0 Å². The van der Waals surface area contributed by atoms with Crippen LogP contribution in [0.4, 0.5) is 4.79 Å². The molecule has 5 nitrogen and oxygen atoms in total. The first-order chi connectivity index (χ1) is 9.79. The number of carbonyl (C=O) groups excluding carboxylic acids is 1. The molecule has 1 aromatic carbocycles. The molecule has 3 N–H and O–H groups in total. The third-order valence-corrected chi connectivity index (χ3v) is 3.45. The van der Waals surface area contributed by atoms with E-state index >= 15 is 0 Å². The molecule has 5 heteroatoms. The number of para-hydroxylation sites is 1. The average Bonchev–Trinajstić information content (AvgIpc) is 2.96. The molecule has 1 saturated carbocycles. The highest BCUT2D eigenvalue weighted by atomic mass is 16.5. The predicted octanol–water partition coefficient (Wildman–Crippen LogP) is 1.80. The van der Waals surface area contributed by atoms with Crippen LogP contribution in [0.15, 0.2) is 24.3 Å². The molecule has 0 atom stereocenters. The highest BCUT2D eigenvalue weighted by Crippen LogP contribution is 2.18. The fourth-order valence-corrected chi connectivity index (χ4v) is 2.43. The molecule has 0 bridgehead atoms. The van der Waals surface area contributed by atoms with Crippen LogP contribution in [0.2, 0.25) is 0 Å². The zero-order valence-corrected chi connectivity index (χ0v) is 11.6. The van der Waals surface area contributed by atoms with Gasteiger partial charge in [-0.3, -0.25) is 0 Å². The Hall–Kier alpha value is -1.75. The molecule has 2 rings (SSSR count). The zero-order chi connectivity index (χ0) is 14.2. The summed E-state index contributed by atoms with van der Waals surface area (Å²) in [6, 6.07) is 7.70. The van der Waals surface area contributed by atoms with Crippen molar-refractivity contribution >= 4 is 6.03 Å². The molecule has 0 unspecified atom stereocenters. The van der Waals surface area contributed by atoms with Gasteiger partial charge < -0.3 is 20.5 Å². The number of carbonyl (C=O) groups is 1. The lowest BCUT2D eigenvalue weighted by atomic mass is 10.2. The van der Waals surface area contributed by atoms with Crippen LogP contribution in [0.25, 0.3) is 0 Å². The van der Waals surface area contributed by atoms with Crippen molar-refractivity contribution in [3.63, 3.8) is 0 Å². The quantitative estimate of drug-likeness (QED) is 0.743. The minimum atomic E-state index is -0.131. The second-order valence-electron chi connectivity index (χ2n) is 4.99. The summed E-state index contributed by atoms with van der Waals surface area (Å²) >= 11 is 0. The SMILES string of the molecule is O=C(NCc1ccccc1OCCO)NC1CCCC1. The van der Waals surface area contributed by atoms with Crippen LogP contribution in [-0.4, -0.2) is 30.4 Å². The van der Waals surface area contributed by atoms with Crippen molar-refractivity contribution in [3.8, 4) is 5.75 Å². The number of urea groups is 1. The first kappa shape index (κ1) is 14.7. The summed E-state index contributed by atoms with van der Waals surface area (Å²) in [6.07, 6.45) is 4.54. The summed E-state index contributed by atoms with van der Waals surface area (Å²) < 4.78 is 5.43. The monoisotopic (exact) mass is 278 g/mol. The Balaban J connectivity index is 1.81. The van der Waals surface area contributed by atoms with Gasteiger partial charge in [-0.25, -0.2) is 4.79 Å². The average molecular weight is 278 g/mol. The van der Waals surface area contributed by atoms with E-state index in [0.29, 0.717) is 18.3 Å². The van der Waals surface area contributed by atoms with Gasteiger partial charge in [0.2, 0.25) is 0 Å². The second kappa shape index (κ2) is 7.75. The Morgan fingerprint density at radius 3 is 2.80 bits per heavy atom. The van der Waals surface area contributed by atoms with Gasteiger partial charge in [0.05, 0.1) is 6.61 Å². The standard InChI is InChI=1S/C15H22N2O3/c18-9-10-20-14-8-4-1-5-12(14)11-16-15(19)17-13-6-2-3-7-13/h1,4-5,8,13,18H,2-3,6-7,9-11H2,(H2,16,17,19). The molecular formula is C15H22N2O3. The number of ether oxygens (including phenoxy) is 1. The molecule has 1 aliphatic rings. The molecule has 1 fully saturated rings. The van der Waals surface area contributed by atoms with E-state index in [0.717, 1.165) is 18.4 Å². The molecule has 20 heavy (non-hydrogen) atoms. The van der Waals surface area contributed by atoms with E-state index in [9.17, 15) is 4.79 Å². The van der Waals surface area contributed by atoms with Gasteiger partial charge in [0.25, 0.3) is 0 Å². The highest BCUT2D eigenvalue weighted by Gasteiger charge is 2.16. The molecule has 0 aromatic heterocycles. The van der Waals surface area contributed by atoms with E-state index in [-0.39, 0.29) is 19.2 Å². The smallest absolute Gasteiger partial charge is 0.315 e. The van der Waals surface area contributed by atoms with Crippen molar-refractivity contribution in [2.75, 3.05) is 13.2 Å². The number of hydrogen-bond acceptors (Lipinski definition) is 3. The van der Waals surface area contributed by atoms with Crippen LogP contribution in [0.3, 0.4) is 0 Å². The van der Waals surface area contributed by atoms with Crippen molar-refractivity contribution in [1.29, 1.82) is 0 Å². The van der Waals surface area contributed by atoms with E-state index in [2.05, 4.69) is 10.6 Å². The van der Waals surface area contributed by atoms with E-state index in [1.54, 1.807) is 0 Å². The first-order valence-corrected chi connectivity index (χ1v) is 7.15. The summed E-state index contributed by atoms with van der Waals surface area (Å²) in [5.41, 5.74) is 0.905. The number of aliphatic hydroxyl groups excluding tert-OH is 1. The summed E-state index contributed by atoms with van der Waals surface area (Å²) in [7, 11) is 0. The number of nitrogens with one attached hydrogen (secondary N) is 2. The highest BCUT2D eigenvalue weighted by molar-refractivity contribution is 5.74. The van der Waals surface area contributed by atoms with Crippen molar-refractivity contribution < 1.29 is 14.6 Å². The molecule has 0 saturated heterocycles. The number of aliphatic hydroxyl groups is 1. The van der Waals surface area contributed by atoms with Gasteiger partial charge >= 0.3 is 6.03 Å². The normalized spacial score (nSPS) is 15.1. The minimum absolute atomic E-state index is 0.0239.